The highest BCUT2D eigenvalue weighted by molar-refractivity contribution is 5.79. The first-order chi connectivity index (χ1) is 7.44. The minimum atomic E-state index is -0.282. The second-order valence-corrected chi connectivity index (χ2v) is 4.92. The molecule has 1 heterocycles. The predicted molar refractivity (Wildman–Crippen MR) is 63.1 cm³/mol. The Kier molecular flexibility index (Phi) is 4.70. The molecule has 1 unspecified atom stereocenters. The third-order valence-electron chi connectivity index (χ3n) is 2.93. The Morgan fingerprint density at radius 1 is 1.62 bits per heavy atom. The standard InChI is InChI=1S/C11H23N3O2/c1-11(2)8-14(6-7-16-11)5-4-9(13-3)10(12)15/h9,13H,4-8H2,1-3H3,(H2,12,15). The van der Waals surface area contributed by atoms with Crippen LogP contribution in [0.15, 0.2) is 0 Å². The Labute approximate surface area is 97.3 Å². The van der Waals surface area contributed by atoms with Crippen LogP contribution in [0, 0.1) is 0 Å². The van der Waals surface area contributed by atoms with Crippen LogP contribution in [0.3, 0.4) is 0 Å². The average Bonchev–Trinajstić information content (AvgIpc) is 2.16. The van der Waals surface area contributed by atoms with Crippen molar-refractivity contribution in [3.8, 4) is 0 Å². The fourth-order valence-electron chi connectivity index (χ4n) is 2.05. The number of hydrogen-bond donors (Lipinski definition) is 2. The molecule has 1 fully saturated rings. The van der Waals surface area contributed by atoms with Gasteiger partial charge in [0.1, 0.15) is 0 Å². The van der Waals surface area contributed by atoms with Crippen LogP contribution in [-0.2, 0) is 9.53 Å². The Balaban J connectivity index is 2.34. The Morgan fingerprint density at radius 3 is 2.81 bits per heavy atom. The van der Waals surface area contributed by atoms with Crippen molar-refractivity contribution in [3.05, 3.63) is 0 Å². The SMILES string of the molecule is CNC(CCN1CCOC(C)(C)C1)C(N)=O. The van der Waals surface area contributed by atoms with E-state index in [0.29, 0.717) is 0 Å². The molecular formula is C11H23N3O2. The van der Waals surface area contributed by atoms with Crippen LogP contribution in [0.5, 0.6) is 0 Å². The van der Waals surface area contributed by atoms with E-state index in [1.54, 1.807) is 7.05 Å². The zero-order chi connectivity index (χ0) is 12.2. The third kappa shape index (κ3) is 4.08. The number of nitrogens with one attached hydrogen (secondary N) is 1. The minimum absolute atomic E-state index is 0.0832. The summed E-state index contributed by atoms with van der Waals surface area (Å²) in [4.78, 5) is 13.4. The maximum absolute atomic E-state index is 11.0. The lowest BCUT2D eigenvalue weighted by molar-refractivity contribution is -0.120. The van der Waals surface area contributed by atoms with Crippen LogP contribution in [0.25, 0.3) is 0 Å². The molecule has 16 heavy (non-hydrogen) atoms. The van der Waals surface area contributed by atoms with Gasteiger partial charge in [0, 0.05) is 19.6 Å². The molecule has 3 N–H and O–H groups in total. The number of nitrogens with two attached hydrogens (primary N) is 1. The fourth-order valence-corrected chi connectivity index (χ4v) is 2.05. The Hall–Kier alpha value is -0.650. The van der Waals surface area contributed by atoms with Crippen LogP contribution < -0.4 is 11.1 Å². The van der Waals surface area contributed by atoms with E-state index in [1.165, 1.54) is 0 Å². The van der Waals surface area contributed by atoms with Crippen molar-refractivity contribution in [2.24, 2.45) is 5.73 Å². The monoisotopic (exact) mass is 229 g/mol. The summed E-state index contributed by atoms with van der Waals surface area (Å²) in [7, 11) is 1.76. The molecule has 94 valence electrons. The molecule has 0 radical (unpaired) electrons. The maximum atomic E-state index is 11.0. The van der Waals surface area contributed by atoms with Crippen LogP contribution in [0.4, 0.5) is 0 Å². The van der Waals surface area contributed by atoms with Gasteiger partial charge in [-0.05, 0) is 27.3 Å². The maximum Gasteiger partial charge on any atom is 0.234 e. The normalized spacial score (nSPS) is 22.9. The van der Waals surface area contributed by atoms with Gasteiger partial charge in [-0.2, -0.15) is 0 Å². The molecule has 1 aliphatic rings. The van der Waals surface area contributed by atoms with Gasteiger partial charge in [0.2, 0.25) is 5.91 Å². The van der Waals surface area contributed by atoms with Crippen molar-refractivity contribution in [1.29, 1.82) is 0 Å². The van der Waals surface area contributed by atoms with Gasteiger partial charge in [-0.25, -0.2) is 0 Å². The van der Waals surface area contributed by atoms with E-state index in [2.05, 4.69) is 24.1 Å². The van der Waals surface area contributed by atoms with E-state index >= 15 is 0 Å². The lowest BCUT2D eigenvalue weighted by Crippen LogP contribution is -2.50. The van der Waals surface area contributed by atoms with Crippen molar-refractivity contribution in [1.82, 2.24) is 10.2 Å². The molecule has 0 bridgehead atoms. The highest BCUT2D eigenvalue weighted by atomic mass is 16.5. The first kappa shape index (κ1) is 13.4. The van der Waals surface area contributed by atoms with E-state index in [-0.39, 0.29) is 17.6 Å². The van der Waals surface area contributed by atoms with Gasteiger partial charge < -0.3 is 15.8 Å². The van der Waals surface area contributed by atoms with Crippen molar-refractivity contribution >= 4 is 5.91 Å². The molecule has 1 atom stereocenters. The number of amides is 1. The van der Waals surface area contributed by atoms with Crippen LogP contribution in [-0.4, -0.2) is 55.7 Å². The average molecular weight is 229 g/mol. The van der Waals surface area contributed by atoms with Crippen molar-refractivity contribution in [3.63, 3.8) is 0 Å². The Morgan fingerprint density at radius 2 is 2.31 bits per heavy atom. The van der Waals surface area contributed by atoms with Crippen LogP contribution in [0.1, 0.15) is 20.3 Å². The molecule has 1 saturated heterocycles. The third-order valence-corrected chi connectivity index (χ3v) is 2.93. The molecule has 1 amide bonds. The first-order valence-electron chi connectivity index (χ1n) is 5.77. The molecule has 0 spiro atoms. The van der Waals surface area contributed by atoms with Crippen molar-refractivity contribution in [2.75, 3.05) is 33.3 Å². The van der Waals surface area contributed by atoms with E-state index in [0.717, 1.165) is 32.7 Å². The molecule has 0 aromatic rings. The topological polar surface area (TPSA) is 67.6 Å². The molecule has 1 rings (SSSR count). The molecule has 0 aromatic heterocycles. The summed E-state index contributed by atoms with van der Waals surface area (Å²) in [6.45, 7) is 7.64. The molecule has 0 saturated carbocycles. The molecule has 0 aliphatic carbocycles. The highest BCUT2D eigenvalue weighted by Gasteiger charge is 2.27. The molecule has 5 heteroatoms. The van der Waals surface area contributed by atoms with E-state index in [4.69, 9.17) is 10.5 Å². The number of ether oxygens (including phenoxy) is 1. The quantitative estimate of drug-likeness (QED) is 0.671. The van der Waals surface area contributed by atoms with Crippen molar-refractivity contribution in [2.45, 2.75) is 31.9 Å². The zero-order valence-electron chi connectivity index (χ0n) is 10.5. The number of nitrogens with zero attached hydrogens (tertiary/aromatic N) is 1. The number of primary amides is 1. The summed E-state index contributed by atoms with van der Waals surface area (Å²) in [5.41, 5.74) is 5.19. The van der Waals surface area contributed by atoms with Gasteiger partial charge in [0.05, 0.1) is 18.2 Å². The van der Waals surface area contributed by atoms with Gasteiger partial charge in [0.25, 0.3) is 0 Å². The molecular weight excluding hydrogens is 206 g/mol. The van der Waals surface area contributed by atoms with Gasteiger partial charge in [-0.1, -0.05) is 0 Å². The summed E-state index contributed by atoms with van der Waals surface area (Å²) in [6.07, 6.45) is 0.752. The molecule has 5 nitrogen and oxygen atoms in total. The number of hydrogen-bond acceptors (Lipinski definition) is 4. The predicted octanol–water partition coefficient (Wildman–Crippen LogP) is -0.439. The summed E-state index contributed by atoms with van der Waals surface area (Å²) in [6, 6.07) is -0.231. The fraction of sp³-hybridized carbons (Fsp3) is 0.909. The van der Waals surface area contributed by atoms with Crippen LogP contribution in [0.2, 0.25) is 0 Å². The van der Waals surface area contributed by atoms with Gasteiger partial charge in [-0.15, -0.1) is 0 Å². The summed E-state index contributed by atoms with van der Waals surface area (Å²) >= 11 is 0. The zero-order valence-corrected chi connectivity index (χ0v) is 10.5. The first-order valence-corrected chi connectivity index (χ1v) is 5.77. The number of morpholine rings is 1. The number of carbonyl (C=O) groups excluding carboxylic acids is 1. The highest BCUT2D eigenvalue weighted by Crippen LogP contribution is 2.16. The van der Waals surface area contributed by atoms with E-state index in [9.17, 15) is 4.79 Å². The molecule has 1 aliphatic heterocycles. The summed E-state index contributed by atoms with van der Waals surface area (Å²) in [5.74, 6) is -0.282. The minimum Gasteiger partial charge on any atom is -0.373 e. The number of carbonyl (C=O) groups is 1. The largest absolute Gasteiger partial charge is 0.373 e. The van der Waals surface area contributed by atoms with Gasteiger partial charge in [-0.3, -0.25) is 9.69 Å². The number of likely N-dealkylation sites (N-methyl/N-ethyl adjacent to an activating group) is 1. The van der Waals surface area contributed by atoms with Gasteiger partial charge in [0.15, 0.2) is 0 Å². The van der Waals surface area contributed by atoms with E-state index in [1.807, 2.05) is 0 Å². The van der Waals surface area contributed by atoms with E-state index < -0.39 is 0 Å². The smallest absolute Gasteiger partial charge is 0.234 e. The van der Waals surface area contributed by atoms with Crippen molar-refractivity contribution < 1.29 is 9.53 Å². The summed E-state index contributed by atoms with van der Waals surface area (Å²) in [5, 5.41) is 2.93. The number of rotatable bonds is 5. The lowest BCUT2D eigenvalue weighted by Gasteiger charge is -2.38. The summed E-state index contributed by atoms with van der Waals surface area (Å²) < 4.78 is 5.63. The second-order valence-electron chi connectivity index (χ2n) is 4.92. The molecule has 0 aromatic carbocycles. The second kappa shape index (κ2) is 5.61. The van der Waals surface area contributed by atoms with Crippen LogP contribution >= 0.6 is 0 Å². The lowest BCUT2D eigenvalue weighted by atomic mass is 10.1. The van der Waals surface area contributed by atoms with Gasteiger partial charge >= 0.3 is 0 Å². The Bertz CT molecular complexity index is 243.